The van der Waals surface area contributed by atoms with E-state index in [1.807, 2.05) is 23.1 Å². The smallest absolute Gasteiger partial charge is 0.222 e. The van der Waals surface area contributed by atoms with E-state index in [0.717, 1.165) is 13.1 Å². The van der Waals surface area contributed by atoms with Crippen LogP contribution in [0.4, 0.5) is 5.95 Å². The molecule has 0 saturated heterocycles. The van der Waals surface area contributed by atoms with Gasteiger partial charge in [-0.25, -0.2) is 9.97 Å². The standard InChI is InChI=1S/C12H14ClN5/c13-10-6-14-11(15-7-10)16-8-12(2-3-12)9-18-5-1-4-17-18/h1,4-7H,2-3,8-9H2,(H,14,15,16). The maximum absolute atomic E-state index is 5.74. The predicted molar refractivity (Wildman–Crippen MR) is 69.4 cm³/mol. The Morgan fingerprint density at radius 2 is 2.11 bits per heavy atom. The van der Waals surface area contributed by atoms with Gasteiger partial charge in [0.15, 0.2) is 0 Å². The number of nitrogens with zero attached hydrogens (tertiary/aromatic N) is 4. The number of aromatic nitrogens is 4. The maximum atomic E-state index is 5.74. The molecule has 0 spiro atoms. The van der Waals surface area contributed by atoms with Gasteiger partial charge in [0.1, 0.15) is 0 Å². The molecule has 1 N–H and O–H groups in total. The van der Waals surface area contributed by atoms with Crippen LogP contribution in [-0.4, -0.2) is 26.3 Å². The molecule has 2 aromatic rings. The first-order valence-electron chi connectivity index (χ1n) is 5.95. The molecule has 0 aliphatic heterocycles. The first-order chi connectivity index (χ1) is 8.76. The van der Waals surface area contributed by atoms with E-state index >= 15 is 0 Å². The Morgan fingerprint density at radius 1 is 1.33 bits per heavy atom. The zero-order valence-electron chi connectivity index (χ0n) is 9.88. The van der Waals surface area contributed by atoms with E-state index in [0.29, 0.717) is 16.4 Å². The summed E-state index contributed by atoms with van der Waals surface area (Å²) in [6.45, 7) is 1.81. The number of hydrogen-bond acceptors (Lipinski definition) is 4. The number of rotatable bonds is 5. The van der Waals surface area contributed by atoms with Crippen LogP contribution in [0.3, 0.4) is 0 Å². The van der Waals surface area contributed by atoms with Gasteiger partial charge in [-0.3, -0.25) is 4.68 Å². The van der Waals surface area contributed by atoms with Crippen LogP contribution in [0, 0.1) is 5.41 Å². The van der Waals surface area contributed by atoms with E-state index in [2.05, 4.69) is 20.4 Å². The fourth-order valence-electron chi connectivity index (χ4n) is 1.98. The molecule has 3 rings (SSSR count). The second-order valence-corrected chi connectivity index (χ2v) is 5.22. The summed E-state index contributed by atoms with van der Waals surface area (Å²) in [5, 5.41) is 8.07. The zero-order valence-corrected chi connectivity index (χ0v) is 10.6. The van der Waals surface area contributed by atoms with Crippen LogP contribution in [-0.2, 0) is 6.54 Å². The minimum absolute atomic E-state index is 0.301. The van der Waals surface area contributed by atoms with Gasteiger partial charge in [-0.2, -0.15) is 5.10 Å². The Bertz CT molecular complexity index is 504. The van der Waals surface area contributed by atoms with Gasteiger partial charge < -0.3 is 5.32 Å². The highest BCUT2D eigenvalue weighted by Gasteiger charge is 2.43. The molecule has 1 saturated carbocycles. The molecule has 0 unspecified atom stereocenters. The summed E-state index contributed by atoms with van der Waals surface area (Å²) in [7, 11) is 0. The van der Waals surface area contributed by atoms with E-state index in [9.17, 15) is 0 Å². The van der Waals surface area contributed by atoms with Gasteiger partial charge in [0, 0.05) is 30.9 Å². The van der Waals surface area contributed by atoms with Gasteiger partial charge in [0.2, 0.25) is 5.95 Å². The molecule has 1 aliphatic rings. The monoisotopic (exact) mass is 263 g/mol. The highest BCUT2D eigenvalue weighted by molar-refractivity contribution is 6.30. The molecule has 1 fully saturated rings. The summed E-state index contributed by atoms with van der Waals surface area (Å²) < 4.78 is 1.98. The minimum Gasteiger partial charge on any atom is -0.354 e. The number of nitrogens with one attached hydrogen (secondary N) is 1. The van der Waals surface area contributed by atoms with Crippen molar-refractivity contribution in [3.8, 4) is 0 Å². The number of halogens is 1. The van der Waals surface area contributed by atoms with Crippen LogP contribution in [0.2, 0.25) is 5.02 Å². The fourth-order valence-corrected chi connectivity index (χ4v) is 2.07. The van der Waals surface area contributed by atoms with Crippen LogP contribution in [0.5, 0.6) is 0 Å². The van der Waals surface area contributed by atoms with Crippen molar-refractivity contribution >= 4 is 17.5 Å². The topological polar surface area (TPSA) is 55.6 Å². The second-order valence-electron chi connectivity index (χ2n) is 4.78. The summed E-state index contributed by atoms with van der Waals surface area (Å²) in [4.78, 5) is 8.26. The van der Waals surface area contributed by atoms with Crippen molar-refractivity contribution in [3.05, 3.63) is 35.9 Å². The zero-order chi connectivity index (χ0) is 12.4. The Kier molecular flexibility index (Phi) is 2.91. The molecule has 1 aliphatic carbocycles. The lowest BCUT2D eigenvalue weighted by atomic mass is 10.1. The molecular weight excluding hydrogens is 250 g/mol. The summed E-state index contributed by atoms with van der Waals surface area (Å²) in [6.07, 6.45) is 9.44. The van der Waals surface area contributed by atoms with Gasteiger partial charge in [0.05, 0.1) is 17.4 Å². The second kappa shape index (κ2) is 4.57. The van der Waals surface area contributed by atoms with Crippen molar-refractivity contribution in [1.29, 1.82) is 0 Å². The molecule has 0 atom stereocenters. The van der Waals surface area contributed by atoms with Gasteiger partial charge >= 0.3 is 0 Å². The molecule has 2 aromatic heterocycles. The molecule has 0 bridgehead atoms. The van der Waals surface area contributed by atoms with Crippen LogP contribution in [0.25, 0.3) is 0 Å². The summed E-state index contributed by atoms with van der Waals surface area (Å²) >= 11 is 5.74. The molecule has 0 amide bonds. The number of hydrogen-bond donors (Lipinski definition) is 1. The Labute approximate surface area is 110 Å². The average Bonchev–Trinajstić information content (AvgIpc) is 2.94. The van der Waals surface area contributed by atoms with Gasteiger partial charge in [-0.15, -0.1) is 0 Å². The van der Waals surface area contributed by atoms with Crippen LogP contribution < -0.4 is 5.32 Å². The van der Waals surface area contributed by atoms with E-state index < -0.39 is 0 Å². The lowest BCUT2D eigenvalue weighted by Gasteiger charge is -2.15. The molecular formula is C12H14ClN5. The quantitative estimate of drug-likeness (QED) is 0.899. The lowest BCUT2D eigenvalue weighted by Crippen LogP contribution is -2.22. The Hall–Kier alpha value is -1.62. The Morgan fingerprint density at radius 3 is 2.72 bits per heavy atom. The molecule has 0 aromatic carbocycles. The maximum Gasteiger partial charge on any atom is 0.222 e. The van der Waals surface area contributed by atoms with Gasteiger partial charge in [-0.1, -0.05) is 11.6 Å². The van der Waals surface area contributed by atoms with E-state index in [1.54, 1.807) is 12.4 Å². The van der Waals surface area contributed by atoms with Crippen molar-refractivity contribution in [1.82, 2.24) is 19.7 Å². The van der Waals surface area contributed by atoms with E-state index in [-0.39, 0.29) is 0 Å². The molecule has 5 nitrogen and oxygen atoms in total. The van der Waals surface area contributed by atoms with Crippen molar-refractivity contribution in [2.45, 2.75) is 19.4 Å². The predicted octanol–water partition coefficient (Wildman–Crippen LogP) is 2.22. The van der Waals surface area contributed by atoms with Crippen LogP contribution in [0.15, 0.2) is 30.9 Å². The molecule has 6 heteroatoms. The van der Waals surface area contributed by atoms with Crippen molar-refractivity contribution in [3.63, 3.8) is 0 Å². The summed E-state index contributed by atoms with van der Waals surface area (Å²) in [5.41, 5.74) is 0.301. The lowest BCUT2D eigenvalue weighted by molar-refractivity contribution is 0.415. The van der Waals surface area contributed by atoms with Gasteiger partial charge in [0.25, 0.3) is 0 Å². The first-order valence-corrected chi connectivity index (χ1v) is 6.32. The highest BCUT2D eigenvalue weighted by Crippen LogP contribution is 2.46. The highest BCUT2D eigenvalue weighted by atomic mass is 35.5. The molecule has 2 heterocycles. The summed E-state index contributed by atoms with van der Waals surface area (Å²) in [6, 6.07) is 1.95. The fraction of sp³-hybridized carbons (Fsp3) is 0.417. The number of anilines is 1. The van der Waals surface area contributed by atoms with Crippen LogP contribution in [0.1, 0.15) is 12.8 Å². The van der Waals surface area contributed by atoms with E-state index in [4.69, 9.17) is 11.6 Å². The molecule has 18 heavy (non-hydrogen) atoms. The third-order valence-corrected chi connectivity index (χ3v) is 3.45. The van der Waals surface area contributed by atoms with E-state index in [1.165, 1.54) is 12.8 Å². The normalized spacial score (nSPS) is 16.5. The molecule has 0 radical (unpaired) electrons. The van der Waals surface area contributed by atoms with Crippen molar-refractivity contribution < 1.29 is 0 Å². The van der Waals surface area contributed by atoms with Gasteiger partial charge in [-0.05, 0) is 18.9 Å². The first kappa shape index (κ1) is 11.5. The third-order valence-electron chi connectivity index (χ3n) is 3.26. The van der Waals surface area contributed by atoms with Crippen molar-refractivity contribution in [2.75, 3.05) is 11.9 Å². The van der Waals surface area contributed by atoms with Crippen LogP contribution >= 0.6 is 11.6 Å². The molecule has 94 valence electrons. The summed E-state index contributed by atoms with van der Waals surface area (Å²) in [5.74, 6) is 0.631. The average molecular weight is 264 g/mol. The minimum atomic E-state index is 0.301. The largest absolute Gasteiger partial charge is 0.354 e. The Balaban J connectivity index is 1.58. The SMILES string of the molecule is Clc1cnc(NCC2(Cn3cccn3)CC2)nc1. The third kappa shape index (κ3) is 2.61. The van der Waals surface area contributed by atoms with Crippen molar-refractivity contribution in [2.24, 2.45) is 5.41 Å².